The number of halogens is 1. The van der Waals surface area contributed by atoms with Gasteiger partial charge in [-0.05, 0) is 67.4 Å². The van der Waals surface area contributed by atoms with Crippen molar-refractivity contribution < 1.29 is 19.2 Å². The van der Waals surface area contributed by atoms with Gasteiger partial charge in [0.1, 0.15) is 10.7 Å². The van der Waals surface area contributed by atoms with Crippen molar-refractivity contribution in [3.05, 3.63) is 106 Å². The molecule has 7 nitrogen and oxygen atoms in total. The van der Waals surface area contributed by atoms with E-state index in [1.807, 2.05) is 30.3 Å². The van der Waals surface area contributed by atoms with Crippen LogP contribution in [-0.4, -0.2) is 34.9 Å². The third-order valence-corrected chi connectivity index (χ3v) is 5.89. The van der Waals surface area contributed by atoms with Crippen LogP contribution < -0.4 is 10.6 Å². The molecule has 1 heterocycles. The predicted molar refractivity (Wildman–Crippen MR) is 134 cm³/mol. The molecule has 4 rings (SSSR count). The van der Waals surface area contributed by atoms with Gasteiger partial charge in [0.05, 0.1) is 0 Å². The lowest BCUT2D eigenvalue weighted by molar-refractivity contribution is -0.137. The van der Waals surface area contributed by atoms with Crippen LogP contribution in [0.2, 0.25) is 0 Å². The highest BCUT2D eigenvalue weighted by Crippen LogP contribution is 2.26. The number of hydrogen-bond donors (Lipinski definition) is 2. The molecule has 3 amide bonds. The summed E-state index contributed by atoms with van der Waals surface area (Å²) in [6.07, 6.45) is 0.525. The maximum atomic E-state index is 12.8. The van der Waals surface area contributed by atoms with Gasteiger partial charge in [-0.2, -0.15) is 0 Å². The number of carbonyl (C=O) groups excluding carboxylic acids is 4. The molecule has 0 atom stereocenters. The molecule has 0 spiro atoms. The number of rotatable bonds is 8. The van der Waals surface area contributed by atoms with Gasteiger partial charge >= 0.3 is 0 Å². The Bertz CT molecular complexity index is 1320. The van der Waals surface area contributed by atoms with E-state index in [9.17, 15) is 19.2 Å². The van der Waals surface area contributed by atoms with Crippen LogP contribution in [0.5, 0.6) is 0 Å². The second kappa shape index (κ2) is 10.4. The summed E-state index contributed by atoms with van der Waals surface area (Å²) in [5, 5.41) is 5.50. The summed E-state index contributed by atoms with van der Waals surface area (Å²) in [5.74, 6) is -1.42. The molecule has 1 aliphatic rings. The largest absolute Gasteiger partial charge is 0.350 e. The number of ketones is 1. The van der Waals surface area contributed by atoms with Crippen LogP contribution >= 0.6 is 11.6 Å². The molecule has 0 aliphatic carbocycles. The Morgan fingerprint density at radius 3 is 2.03 bits per heavy atom. The normalized spacial score (nSPS) is 13.3. The second-order valence-corrected chi connectivity index (χ2v) is 8.35. The molecule has 8 heteroatoms. The SMILES string of the molecule is CC(=O)c1ccc(NC(=O)c2ccc(NC3=C(Cl)C(=O)N(CCc4ccccc4)C3=O)cc2)cc1. The first-order valence-corrected chi connectivity index (χ1v) is 11.3. The van der Waals surface area contributed by atoms with Crippen LogP contribution in [0.3, 0.4) is 0 Å². The van der Waals surface area contributed by atoms with Gasteiger partial charge in [-0.25, -0.2) is 0 Å². The van der Waals surface area contributed by atoms with Crippen molar-refractivity contribution in [1.82, 2.24) is 4.90 Å². The Balaban J connectivity index is 1.38. The first kappa shape index (κ1) is 23.9. The zero-order chi connectivity index (χ0) is 24.9. The molecule has 0 saturated carbocycles. The topological polar surface area (TPSA) is 95.6 Å². The average molecular weight is 488 g/mol. The number of imide groups is 1. The minimum Gasteiger partial charge on any atom is -0.350 e. The second-order valence-electron chi connectivity index (χ2n) is 7.98. The molecule has 3 aromatic carbocycles. The van der Waals surface area contributed by atoms with Crippen molar-refractivity contribution in [3.63, 3.8) is 0 Å². The van der Waals surface area contributed by atoms with Crippen LogP contribution in [-0.2, 0) is 16.0 Å². The van der Waals surface area contributed by atoms with Gasteiger partial charge in [0.2, 0.25) is 0 Å². The van der Waals surface area contributed by atoms with E-state index >= 15 is 0 Å². The maximum absolute atomic E-state index is 12.8. The number of amides is 3. The van der Waals surface area contributed by atoms with Crippen molar-refractivity contribution in [2.45, 2.75) is 13.3 Å². The van der Waals surface area contributed by atoms with E-state index < -0.39 is 11.8 Å². The number of Topliss-reactive ketones (excluding diaryl/α,β-unsaturated/α-hetero) is 1. The van der Waals surface area contributed by atoms with Crippen LogP contribution in [0.25, 0.3) is 0 Å². The predicted octanol–water partition coefficient (Wildman–Crippen LogP) is 4.62. The number of carbonyl (C=O) groups is 4. The van der Waals surface area contributed by atoms with Gasteiger partial charge in [0.15, 0.2) is 5.78 Å². The lowest BCUT2D eigenvalue weighted by Gasteiger charge is -2.15. The van der Waals surface area contributed by atoms with Crippen molar-refractivity contribution >= 4 is 46.5 Å². The highest BCUT2D eigenvalue weighted by molar-refractivity contribution is 6.48. The molecule has 35 heavy (non-hydrogen) atoms. The van der Waals surface area contributed by atoms with Gasteiger partial charge in [-0.3, -0.25) is 24.1 Å². The maximum Gasteiger partial charge on any atom is 0.278 e. The number of nitrogens with one attached hydrogen (secondary N) is 2. The number of hydrogen-bond acceptors (Lipinski definition) is 5. The lowest BCUT2D eigenvalue weighted by atomic mass is 10.1. The molecule has 0 saturated heterocycles. The number of anilines is 2. The molecule has 176 valence electrons. The van der Waals surface area contributed by atoms with E-state index in [1.165, 1.54) is 6.92 Å². The molecule has 0 unspecified atom stereocenters. The molecule has 0 bridgehead atoms. The van der Waals surface area contributed by atoms with Gasteiger partial charge < -0.3 is 10.6 Å². The van der Waals surface area contributed by atoms with Crippen LogP contribution in [0, 0.1) is 0 Å². The molecule has 2 N–H and O–H groups in total. The molecular weight excluding hydrogens is 466 g/mol. The minimum atomic E-state index is -0.540. The molecule has 0 fully saturated rings. The minimum absolute atomic E-state index is 0.00694. The molecule has 0 radical (unpaired) electrons. The zero-order valence-electron chi connectivity index (χ0n) is 18.9. The van der Waals surface area contributed by atoms with E-state index in [0.29, 0.717) is 28.9 Å². The van der Waals surface area contributed by atoms with Gasteiger partial charge in [0.25, 0.3) is 17.7 Å². The van der Waals surface area contributed by atoms with Gasteiger partial charge in [-0.1, -0.05) is 41.9 Å². The summed E-state index contributed by atoms with van der Waals surface area (Å²) in [5.41, 5.74) is 3.03. The fourth-order valence-electron chi connectivity index (χ4n) is 3.58. The van der Waals surface area contributed by atoms with Crippen molar-refractivity contribution in [2.75, 3.05) is 17.2 Å². The van der Waals surface area contributed by atoms with E-state index in [2.05, 4.69) is 10.6 Å². The van der Waals surface area contributed by atoms with Crippen LogP contribution in [0.1, 0.15) is 33.2 Å². The fourth-order valence-corrected chi connectivity index (χ4v) is 3.81. The summed E-state index contributed by atoms with van der Waals surface area (Å²) in [4.78, 5) is 50.4. The Hall–Kier alpha value is -4.23. The molecule has 1 aliphatic heterocycles. The molecule has 0 aromatic heterocycles. The summed E-state index contributed by atoms with van der Waals surface area (Å²) >= 11 is 6.17. The van der Waals surface area contributed by atoms with Crippen molar-refractivity contribution in [1.29, 1.82) is 0 Å². The number of benzene rings is 3. The van der Waals surface area contributed by atoms with E-state index in [0.717, 1.165) is 10.5 Å². The van der Waals surface area contributed by atoms with Crippen molar-refractivity contribution in [2.24, 2.45) is 0 Å². The zero-order valence-corrected chi connectivity index (χ0v) is 19.6. The highest BCUT2D eigenvalue weighted by atomic mass is 35.5. The van der Waals surface area contributed by atoms with Gasteiger partial charge in [0, 0.05) is 29.0 Å². The van der Waals surface area contributed by atoms with Gasteiger partial charge in [-0.15, -0.1) is 0 Å². The quantitative estimate of drug-likeness (QED) is 0.357. The third kappa shape index (κ3) is 5.47. The summed E-state index contributed by atoms with van der Waals surface area (Å²) in [6, 6.07) is 22.6. The number of nitrogens with zero attached hydrogens (tertiary/aromatic N) is 1. The van der Waals surface area contributed by atoms with E-state index in [-0.39, 0.29) is 29.0 Å². The standard InChI is InChI=1S/C27H22ClN3O4/c1-17(32)19-7-11-22(12-8-19)30-25(33)20-9-13-21(14-10-20)29-24-23(28)26(34)31(27(24)35)16-15-18-5-3-2-4-6-18/h2-14,29H,15-16H2,1H3,(H,30,33). The van der Waals surface area contributed by atoms with E-state index in [1.54, 1.807) is 48.5 Å². The Morgan fingerprint density at radius 1 is 0.800 bits per heavy atom. The summed E-state index contributed by atoms with van der Waals surface area (Å²) in [7, 11) is 0. The van der Waals surface area contributed by atoms with E-state index in [4.69, 9.17) is 11.6 Å². The fraction of sp³-hybridized carbons (Fsp3) is 0.111. The lowest BCUT2D eigenvalue weighted by Crippen LogP contribution is -2.34. The Labute approximate surface area is 207 Å². The monoisotopic (exact) mass is 487 g/mol. The molecule has 3 aromatic rings. The molecular formula is C27H22ClN3O4. The first-order valence-electron chi connectivity index (χ1n) is 10.9. The third-order valence-electron chi connectivity index (χ3n) is 5.54. The average Bonchev–Trinajstić information content (AvgIpc) is 3.07. The Morgan fingerprint density at radius 2 is 1.40 bits per heavy atom. The van der Waals surface area contributed by atoms with Crippen LogP contribution in [0.4, 0.5) is 11.4 Å². The summed E-state index contributed by atoms with van der Waals surface area (Å²) < 4.78 is 0. The first-order chi connectivity index (χ1) is 16.8. The highest BCUT2D eigenvalue weighted by Gasteiger charge is 2.37. The van der Waals surface area contributed by atoms with Crippen molar-refractivity contribution in [3.8, 4) is 0 Å². The van der Waals surface area contributed by atoms with Crippen LogP contribution in [0.15, 0.2) is 89.6 Å². The Kier molecular flexibility index (Phi) is 7.08. The summed E-state index contributed by atoms with van der Waals surface area (Å²) in [6.45, 7) is 1.69. The smallest absolute Gasteiger partial charge is 0.278 e.